The van der Waals surface area contributed by atoms with Gasteiger partial charge >= 0.3 is 0 Å². The molecule has 0 amide bonds. The van der Waals surface area contributed by atoms with Crippen LogP contribution < -0.4 is 9.66 Å². The molecule has 0 spiro atoms. The van der Waals surface area contributed by atoms with E-state index in [2.05, 4.69) is 16.1 Å². The standard InChI is InChI=1S/C12H11BrN2/c13-15(10-6-2-1-3-7-10)12-9-5-4-8-11(12)14/h1-9H,14H2. The summed E-state index contributed by atoms with van der Waals surface area (Å²) >= 11 is 3.50. The number of nitrogens with two attached hydrogens (primary N) is 1. The van der Waals surface area contributed by atoms with Gasteiger partial charge in [-0.05, 0) is 24.3 Å². The Morgan fingerprint density at radius 1 is 0.867 bits per heavy atom. The van der Waals surface area contributed by atoms with Gasteiger partial charge in [-0.1, -0.05) is 30.3 Å². The Bertz CT molecular complexity index is 442. The normalized spacial score (nSPS) is 9.93. The van der Waals surface area contributed by atoms with E-state index in [-0.39, 0.29) is 0 Å². The quantitative estimate of drug-likeness (QED) is 0.661. The number of hydrogen-bond donors (Lipinski definition) is 1. The third kappa shape index (κ3) is 2.13. The fourth-order valence-corrected chi connectivity index (χ4v) is 1.92. The van der Waals surface area contributed by atoms with E-state index in [1.54, 1.807) is 0 Å². The zero-order chi connectivity index (χ0) is 10.7. The van der Waals surface area contributed by atoms with Gasteiger partial charge in [0.25, 0.3) is 0 Å². The second kappa shape index (κ2) is 4.36. The first-order chi connectivity index (χ1) is 7.29. The summed E-state index contributed by atoms with van der Waals surface area (Å²) in [6.45, 7) is 0. The lowest BCUT2D eigenvalue weighted by molar-refractivity contribution is 1.45. The van der Waals surface area contributed by atoms with E-state index in [0.29, 0.717) is 0 Å². The number of para-hydroxylation sites is 3. The molecule has 2 rings (SSSR count). The van der Waals surface area contributed by atoms with Crippen LogP contribution in [0.4, 0.5) is 17.1 Å². The van der Waals surface area contributed by atoms with Crippen molar-refractivity contribution in [2.75, 3.05) is 9.66 Å². The lowest BCUT2D eigenvalue weighted by Gasteiger charge is -2.18. The van der Waals surface area contributed by atoms with Crippen LogP contribution in [0.3, 0.4) is 0 Å². The van der Waals surface area contributed by atoms with Gasteiger partial charge in [0.1, 0.15) is 0 Å². The smallest absolute Gasteiger partial charge is 0.0754 e. The van der Waals surface area contributed by atoms with Crippen molar-refractivity contribution in [2.45, 2.75) is 0 Å². The molecule has 0 heterocycles. The summed E-state index contributed by atoms with van der Waals surface area (Å²) in [5.74, 6) is 0. The van der Waals surface area contributed by atoms with Crippen LogP contribution in [0, 0.1) is 0 Å². The molecule has 0 atom stereocenters. The number of benzene rings is 2. The number of hydrogen-bond acceptors (Lipinski definition) is 2. The van der Waals surface area contributed by atoms with Crippen molar-refractivity contribution in [2.24, 2.45) is 0 Å². The number of halogens is 1. The highest BCUT2D eigenvalue weighted by atomic mass is 79.9. The van der Waals surface area contributed by atoms with Crippen molar-refractivity contribution >= 4 is 33.2 Å². The van der Waals surface area contributed by atoms with Crippen LogP contribution in [-0.4, -0.2) is 0 Å². The first-order valence-electron chi connectivity index (χ1n) is 4.64. The molecule has 0 fully saturated rings. The Morgan fingerprint density at radius 3 is 2.13 bits per heavy atom. The fourth-order valence-electron chi connectivity index (χ4n) is 1.36. The molecule has 0 unspecified atom stereocenters. The molecule has 2 aromatic rings. The van der Waals surface area contributed by atoms with Gasteiger partial charge < -0.3 is 5.73 Å². The van der Waals surface area contributed by atoms with Crippen molar-refractivity contribution in [3.8, 4) is 0 Å². The highest BCUT2D eigenvalue weighted by Gasteiger charge is 2.07. The number of nitrogen functional groups attached to an aromatic ring is 1. The second-order valence-corrected chi connectivity index (χ2v) is 3.88. The molecule has 0 saturated heterocycles. The molecule has 2 aromatic carbocycles. The Labute approximate surface area is 97.7 Å². The number of rotatable bonds is 2. The number of nitrogens with zero attached hydrogens (tertiary/aromatic N) is 1. The van der Waals surface area contributed by atoms with Gasteiger partial charge in [-0.25, -0.2) is 0 Å². The Hall–Kier alpha value is -1.48. The van der Waals surface area contributed by atoms with Crippen LogP contribution in [0.5, 0.6) is 0 Å². The Morgan fingerprint density at radius 2 is 1.47 bits per heavy atom. The van der Waals surface area contributed by atoms with E-state index in [9.17, 15) is 0 Å². The first-order valence-corrected chi connectivity index (χ1v) is 5.35. The zero-order valence-corrected chi connectivity index (χ0v) is 9.68. The average molecular weight is 263 g/mol. The average Bonchev–Trinajstić information content (AvgIpc) is 2.30. The SMILES string of the molecule is Nc1ccccc1N(Br)c1ccccc1. The molecule has 76 valence electrons. The minimum absolute atomic E-state index is 0.748. The maximum Gasteiger partial charge on any atom is 0.0754 e. The summed E-state index contributed by atoms with van der Waals surface area (Å²) in [4.78, 5) is 0. The largest absolute Gasteiger partial charge is 0.397 e. The molecule has 3 heteroatoms. The zero-order valence-electron chi connectivity index (χ0n) is 8.10. The second-order valence-electron chi connectivity index (χ2n) is 3.18. The minimum Gasteiger partial charge on any atom is -0.397 e. The summed E-state index contributed by atoms with van der Waals surface area (Å²) < 4.78 is 1.89. The van der Waals surface area contributed by atoms with Crippen LogP contribution in [0.1, 0.15) is 0 Å². The third-order valence-corrected chi connectivity index (χ3v) is 2.92. The minimum atomic E-state index is 0.748. The Kier molecular flexibility index (Phi) is 2.92. The fraction of sp³-hybridized carbons (Fsp3) is 0. The maximum atomic E-state index is 5.89. The van der Waals surface area contributed by atoms with E-state index in [4.69, 9.17) is 5.73 Å². The molecule has 2 nitrogen and oxygen atoms in total. The van der Waals surface area contributed by atoms with E-state index in [1.165, 1.54) is 0 Å². The van der Waals surface area contributed by atoms with Crippen molar-refractivity contribution in [1.82, 2.24) is 0 Å². The summed E-state index contributed by atoms with van der Waals surface area (Å²) in [5, 5.41) is 0. The van der Waals surface area contributed by atoms with Crippen molar-refractivity contribution in [1.29, 1.82) is 0 Å². The first kappa shape index (κ1) is 10.1. The maximum absolute atomic E-state index is 5.89. The predicted octanol–water partition coefficient (Wildman–Crippen LogP) is 3.72. The van der Waals surface area contributed by atoms with Crippen LogP contribution in [0.2, 0.25) is 0 Å². The molecule has 0 aromatic heterocycles. The summed E-state index contributed by atoms with van der Waals surface area (Å²) in [7, 11) is 0. The summed E-state index contributed by atoms with van der Waals surface area (Å²) in [6.07, 6.45) is 0. The molecule has 0 bridgehead atoms. The molecule has 0 aliphatic carbocycles. The van der Waals surface area contributed by atoms with Gasteiger partial charge in [0, 0.05) is 0 Å². The lowest BCUT2D eigenvalue weighted by atomic mass is 10.2. The van der Waals surface area contributed by atoms with Crippen LogP contribution in [-0.2, 0) is 0 Å². The van der Waals surface area contributed by atoms with Crippen molar-refractivity contribution in [3.05, 3.63) is 54.6 Å². The Balaban J connectivity index is 2.37. The van der Waals surface area contributed by atoms with Crippen LogP contribution >= 0.6 is 16.1 Å². The number of anilines is 3. The lowest BCUT2D eigenvalue weighted by Crippen LogP contribution is -2.03. The van der Waals surface area contributed by atoms with Crippen molar-refractivity contribution < 1.29 is 0 Å². The summed E-state index contributed by atoms with van der Waals surface area (Å²) in [6, 6.07) is 17.7. The molecule has 0 aliphatic rings. The van der Waals surface area contributed by atoms with Gasteiger partial charge in [0.15, 0.2) is 0 Å². The molecule has 0 radical (unpaired) electrons. The third-order valence-electron chi connectivity index (χ3n) is 2.13. The predicted molar refractivity (Wildman–Crippen MR) is 68.4 cm³/mol. The molecule has 2 N–H and O–H groups in total. The van der Waals surface area contributed by atoms with E-state index in [0.717, 1.165) is 17.1 Å². The van der Waals surface area contributed by atoms with E-state index >= 15 is 0 Å². The van der Waals surface area contributed by atoms with Crippen LogP contribution in [0.25, 0.3) is 0 Å². The highest BCUT2D eigenvalue weighted by molar-refractivity contribution is 9.10. The van der Waals surface area contributed by atoms with Crippen LogP contribution in [0.15, 0.2) is 54.6 Å². The topological polar surface area (TPSA) is 29.3 Å². The van der Waals surface area contributed by atoms with Gasteiger partial charge in [-0.3, -0.25) is 3.93 Å². The highest BCUT2D eigenvalue weighted by Crippen LogP contribution is 2.32. The van der Waals surface area contributed by atoms with E-state index in [1.807, 2.05) is 58.5 Å². The van der Waals surface area contributed by atoms with Gasteiger partial charge in [-0.15, -0.1) is 0 Å². The van der Waals surface area contributed by atoms with Gasteiger partial charge in [0.05, 0.1) is 33.2 Å². The molecule has 0 saturated carbocycles. The summed E-state index contributed by atoms with van der Waals surface area (Å²) in [5.41, 5.74) is 8.63. The van der Waals surface area contributed by atoms with Gasteiger partial charge in [0.2, 0.25) is 0 Å². The molecular formula is C12H11BrN2. The monoisotopic (exact) mass is 262 g/mol. The molecule has 15 heavy (non-hydrogen) atoms. The molecular weight excluding hydrogens is 252 g/mol. The molecule has 0 aliphatic heterocycles. The van der Waals surface area contributed by atoms with E-state index < -0.39 is 0 Å². The van der Waals surface area contributed by atoms with Crippen molar-refractivity contribution in [3.63, 3.8) is 0 Å². The van der Waals surface area contributed by atoms with Gasteiger partial charge in [-0.2, -0.15) is 0 Å².